The summed E-state index contributed by atoms with van der Waals surface area (Å²) in [6.45, 7) is 9.83. The van der Waals surface area contributed by atoms with Crippen molar-refractivity contribution in [1.82, 2.24) is 5.32 Å². The average Bonchev–Trinajstić information content (AvgIpc) is 2.44. The van der Waals surface area contributed by atoms with E-state index in [1.54, 1.807) is 13.0 Å². The zero-order valence-corrected chi connectivity index (χ0v) is 13.9. The number of nitrogens with one attached hydrogen (secondary N) is 1. The van der Waals surface area contributed by atoms with Crippen LogP contribution >= 0.6 is 0 Å². The van der Waals surface area contributed by atoms with Gasteiger partial charge < -0.3 is 15.2 Å². The third-order valence-corrected chi connectivity index (χ3v) is 3.38. The fourth-order valence-corrected chi connectivity index (χ4v) is 2.07. The molecule has 0 saturated heterocycles. The molecule has 0 aliphatic carbocycles. The zero-order valence-electron chi connectivity index (χ0n) is 13.9. The number of hydrogen-bond acceptors (Lipinski definition) is 4. The third kappa shape index (κ3) is 4.48. The second-order valence-electron chi connectivity index (χ2n) is 5.85. The zero-order chi connectivity index (χ0) is 16.9. The van der Waals surface area contributed by atoms with Crippen LogP contribution in [0.5, 0.6) is 5.75 Å². The number of ether oxygens (including phenoxy) is 1. The van der Waals surface area contributed by atoms with Crippen LogP contribution in [0.1, 0.15) is 67.9 Å². The number of hydrogen-bond donors (Lipinski definition) is 2. The van der Waals surface area contributed by atoms with Gasteiger partial charge in [0.1, 0.15) is 11.3 Å². The maximum atomic E-state index is 12.2. The molecule has 0 aliphatic rings. The highest BCUT2D eigenvalue weighted by molar-refractivity contribution is 5.94. The lowest BCUT2D eigenvalue weighted by atomic mass is 9.92. The lowest BCUT2D eigenvalue weighted by molar-refractivity contribution is -0.124. The number of esters is 1. The number of amides is 1. The number of phenolic OH excluding ortho intramolecular Hbond substituents is 1. The minimum atomic E-state index is -0.687. The van der Waals surface area contributed by atoms with E-state index in [4.69, 9.17) is 4.74 Å². The maximum Gasteiger partial charge on any atom is 0.342 e. The van der Waals surface area contributed by atoms with Crippen molar-refractivity contribution in [3.63, 3.8) is 0 Å². The highest BCUT2D eigenvalue weighted by Crippen LogP contribution is 2.33. The molecule has 1 rings (SSSR count). The van der Waals surface area contributed by atoms with Gasteiger partial charge in [-0.1, -0.05) is 33.8 Å². The number of carbonyl (C=O) groups excluding carboxylic acids is 2. The van der Waals surface area contributed by atoms with Crippen LogP contribution in [0, 0.1) is 0 Å². The van der Waals surface area contributed by atoms with Gasteiger partial charge in [0.2, 0.25) is 0 Å². The van der Waals surface area contributed by atoms with E-state index in [1.807, 2.05) is 33.8 Å². The molecule has 0 fully saturated rings. The molecule has 0 spiro atoms. The summed E-state index contributed by atoms with van der Waals surface area (Å²) in [5, 5.41) is 12.9. The summed E-state index contributed by atoms with van der Waals surface area (Å²) in [5.41, 5.74) is 1.77. The van der Waals surface area contributed by atoms with Crippen molar-refractivity contribution >= 4 is 11.9 Å². The average molecular weight is 307 g/mol. The van der Waals surface area contributed by atoms with Crippen LogP contribution in [-0.2, 0) is 9.53 Å². The second kappa shape index (κ2) is 7.82. The molecular weight excluding hydrogens is 282 g/mol. The Kier molecular flexibility index (Phi) is 6.40. The minimum absolute atomic E-state index is 0.0692. The number of likely N-dealkylation sites (N-methyl/N-ethyl adjacent to an activating group) is 1. The van der Waals surface area contributed by atoms with Gasteiger partial charge in [0, 0.05) is 6.54 Å². The molecular formula is C17H25NO4. The monoisotopic (exact) mass is 307 g/mol. The van der Waals surface area contributed by atoms with Crippen LogP contribution in [0.2, 0.25) is 0 Å². The molecule has 1 aromatic carbocycles. The van der Waals surface area contributed by atoms with Gasteiger partial charge in [-0.2, -0.15) is 0 Å². The van der Waals surface area contributed by atoms with E-state index >= 15 is 0 Å². The lowest BCUT2D eigenvalue weighted by Crippen LogP contribution is -2.28. The van der Waals surface area contributed by atoms with Gasteiger partial charge in [-0.3, -0.25) is 4.79 Å². The van der Waals surface area contributed by atoms with Crippen LogP contribution in [0.15, 0.2) is 12.1 Å². The van der Waals surface area contributed by atoms with E-state index in [0.717, 1.165) is 5.56 Å². The van der Waals surface area contributed by atoms with E-state index in [1.165, 1.54) is 0 Å². The summed E-state index contributed by atoms with van der Waals surface area (Å²) in [4.78, 5) is 23.5. The highest BCUT2D eigenvalue weighted by atomic mass is 16.5. The molecule has 5 heteroatoms. The van der Waals surface area contributed by atoms with E-state index < -0.39 is 5.97 Å². The molecule has 0 unspecified atom stereocenters. The maximum absolute atomic E-state index is 12.2. The normalized spacial score (nSPS) is 10.9. The highest BCUT2D eigenvalue weighted by Gasteiger charge is 2.20. The first kappa shape index (κ1) is 18.0. The van der Waals surface area contributed by atoms with Crippen molar-refractivity contribution in [2.75, 3.05) is 13.2 Å². The van der Waals surface area contributed by atoms with Crippen LogP contribution in [-0.4, -0.2) is 30.1 Å². The smallest absolute Gasteiger partial charge is 0.342 e. The molecule has 0 bridgehead atoms. The number of aromatic hydroxyl groups is 1. The first-order chi connectivity index (χ1) is 10.3. The number of benzene rings is 1. The van der Waals surface area contributed by atoms with Gasteiger partial charge in [-0.25, -0.2) is 4.79 Å². The van der Waals surface area contributed by atoms with Crippen molar-refractivity contribution in [3.05, 3.63) is 28.8 Å². The summed E-state index contributed by atoms with van der Waals surface area (Å²) in [6, 6.07) is 3.54. The van der Waals surface area contributed by atoms with Gasteiger partial charge in [-0.15, -0.1) is 0 Å². The summed E-state index contributed by atoms with van der Waals surface area (Å²) < 4.78 is 4.98. The van der Waals surface area contributed by atoms with E-state index in [9.17, 15) is 14.7 Å². The molecule has 0 aromatic heterocycles. The van der Waals surface area contributed by atoms with Crippen LogP contribution in [0.3, 0.4) is 0 Å². The third-order valence-electron chi connectivity index (χ3n) is 3.38. The second-order valence-corrected chi connectivity index (χ2v) is 5.85. The Morgan fingerprint density at radius 2 is 1.82 bits per heavy atom. The first-order valence-corrected chi connectivity index (χ1v) is 7.58. The van der Waals surface area contributed by atoms with Crippen LogP contribution < -0.4 is 5.32 Å². The molecule has 1 amide bonds. The fourth-order valence-electron chi connectivity index (χ4n) is 2.07. The largest absolute Gasteiger partial charge is 0.507 e. The Hall–Kier alpha value is -2.04. The Balaban J connectivity index is 3.06. The summed E-state index contributed by atoms with van der Waals surface area (Å²) in [7, 11) is 0. The molecule has 5 nitrogen and oxygen atoms in total. The van der Waals surface area contributed by atoms with E-state index in [2.05, 4.69) is 5.32 Å². The van der Waals surface area contributed by atoms with E-state index in [0.29, 0.717) is 12.1 Å². The molecule has 122 valence electrons. The Morgan fingerprint density at radius 3 is 2.32 bits per heavy atom. The van der Waals surface area contributed by atoms with Crippen molar-refractivity contribution < 1.29 is 19.4 Å². The summed E-state index contributed by atoms with van der Waals surface area (Å²) in [6.07, 6.45) is 0. The number of carbonyl (C=O) groups is 2. The van der Waals surface area contributed by atoms with Gasteiger partial charge in [0.15, 0.2) is 6.61 Å². The van der Waals surface area contributed by atoms with Crippen molar-refractivity contribution in [2.24, 2.45) is 0 Å². The number of phenols is 1. The fraction of sp³-hybridized carbons (Fsp3) is 0.529. The Morgan fingerprint density at radius 1 is 1.18 bits per heavy atom. The topological polar surface area (TPSA) is 75.6 Å². The molecule has 0 heterocycles. The predicted molar refractivity (Wildman–Crippen MR) is 85.3 cm³/mol. The summed E-state index contributed by atoms with van der Waals surface area (Å²) >= 11 is 0. The van der Waals surface area contributed by atoms with Crippen LogP contribution in [0.25, 0.3) is 0 Å². The van der Waals surface area contributed by atoms with Gasteiger partial charge in [0.25, 0.3) is 5.91 Å². The van der Waals surface area contributed by atoms with Crippen molar-refractivity contribution in [1.29, 1.82) is 0 Å². The quantitative estimate of drug-likeness (QED) is 0.792. The minimum Gasteiger partial charge on any atom is -0.507 e. The van der Waals surface area contributed by atoms with E-state index in [-0.39, 0.29) is 35.7 Å². The Bertz CT molecular complexity index is 550. The molecule has 0 saturated carbocycles. The molecule has 2 N–H and O–H groups in total. The lowest BCUT2D eigenvalue weighted by Gasteiger charge is -2.16. The molecule has 0 atom stereocenters. The summed E-state index contributed by atoms with van der Waals surface area (Å²) in [5.74, 6) is -0.824. The standard InChI is InChI=1S/C17H25NO4/c1-6-18-15(19)9-22-17(21)14-8-12(10(2)3)7-13(11(4)5)16(14)20/h7-8,10-11,20H,6,9H2,1-5H3,(H,18,19). The molecule has 0 radical (unpaired) electrons. The van der Waals surface area contributed by atoms with Gasteiger partial charge in [-0.05, 0) is 36.0 Å². The molecule has 0 aliphatic heterocycles. The van der Waals surface area contributed by atoms with Crippen molar-refractivity contribution in [3.8, 4) is 5.75 Å². The van der Waals surface area contributed by atoms with Gasteiger partial charge >= 0.3 is 5.97 Å². The SMILES string of the molecule is CCNC(=O)COC(=O)c1cc(C(C)C)cc(C(C)C)c1O. The number of rotatable bonds is 6. The Labute approximate surface area is 131 Å². The van der Waals surface area contributed by atoms with Crippen molar-refractivity contribution in [2.45, 2.75) is 46.5 Å². The van der Waals surface area contributed by atoms with Crippen LogP contribution in [0.4, 0.5) is 0 Å². The molecule has 1 aromatic rings. The first-order valence-electron chi connectivity index (χ1n) is 7.58. The predicted octanol–water partition coefficient (Wildman–Crippen LogP) is 2.93. The molecule has 22 heavy (non-hydrogen) atoms. The van der Waals surface area contributed by atoms with Gasteiger partial charge in [0.05, 0.1) is 0 Å².